The second kappa shape index (κ2) is 5.17. The summed E-state index contributed by atoms with van der Waals surface area (Å²) in [6.07, 6.45) is 0.0850. The Morgan fingerprint density at radius 1 is 1.44 bits per heavy atom. The zero-order valence-electron chi connectivity index (χ0n) is 8.98. The summed E-state index contributed by atoms with van der Waals surface area (Å²) >= 11 is 1.19. The maximum atomic E-state index is 11.0. The van der Waals surface area contributed by atoms with E-state index in [4.69, 9.17) is 9.29 Å². The molecule has 9 heteroatoms. The van der Waals surface area contributed by atoms with Crippen molar-refractivity contribution < 1.29 is 26.1 Å². The Hall–Kier alpha value is -0.610. The molecule has 1 aromatic carbocycles. The van der Waals surface area contributed by atoms with E-state index in [0.717, 1.165) is 12.1 Å². The molecule has 1 saturated heterocycles. The molecule has 18 heavy (non-hydrogen) atoms. The van der Waals surface area contributed by atoms with Crippen LogP contribution in [0.1, 0.15) is 0 Å². The molecule has 0 aromatic heterocycles. The fraction of sp³-hybridized carbons (Fsp3) is 0.333. The molecule has 1 unspecified atom stereocenters. The van der Waals surface area contributed by atoms with E-state index in [2.05, 4.69) is 0 Å². The molecule has 0 bridgehead atoms. The summed E-state index contributed by atoms with van der Waals surface area (Å²) in [5.74, 6) is 0.547. The summed E-state index contributed by atoms with van der Waals surface area (Å²) in [6.45, 7) is 0.629. The monoisotopic (exact) mass is 310 g/mol. The SMILES string of the molecule is O=[SH](=O)c1ccc(S(=O)(=O)O)cc1SCC1CO1. The van der Waals surface area contributed by atoms with Crippen molar-refractivity contribution in [3.8, 4) is 0 Å². The third-order valence-electron chi connectivity index (χ3n) is 2.25. The quantitative estimate of drug-likeness (QED) is 0.351. The lowest BCUT2D eigenvalue weighted by molar-refractivity contribution is 0.426. The fourth-order valence-corrected chi connectivity index (χ4v) is 3.69. The molecule has 0 aliphatic carbocycles. The van der Waals surface area contributed by atoms with E-state index in [-0.39, 0.29) is 15.9 Å². The van der Waals surface area contributed by atoms with Gasteiger partial charge in [0.25, 0.3) is 10.1 Å². The van der Waals surface area contributed by atoms with Gasteiger partial charge in [0.2, 0.25) is 0 Å². The molecule has 1 fully saturated rings. The third kappa shape index (κ3) is 3.45. The summed E-state index contributed by atoms with van der Waals surface area (Å²) in [5.41, 5.74) is 0. The van der Waals surface area contributed by atoms with Crippen LogP contribution in [0.3, 0.4) is 0 Å². The first-order valence-electron chi connectivity index (χ1n) is 4.88. The van der Waals surface area contributed by atoms with Gasteiger partial charge in [-0.3, -0.25) is 4.55 Å². The number of rotatable bonds is 5. The highest BCUT2D eigenvalue weighted by Crippen LogP contribution is 2.30. The molecule has 1 N–H and O–H groups in total. The Labute approximate surface area is 110 Å². The van der Waals surface area contributed by atoms with Gasteiger partial charge < -0.3 is 4.74 Å². The van der Waals surface area contributed by atoms with Crippen LogP contribution in [0.25, 0.3) is 0 Å². The van der Waals surface area contributed by atoms with Gasteiger partial charge >= 0.3 is 0 Å². The normalized spacial score (nSPS) is 19.1. The molecular weight excluding hydrogens is 300 g/mol. The van der Waals surface area contributed by atoms with Crippen LogP contribution in [0.15, 0.2) is 32.9 Å². The van der Waals surface area contributed by atoms with E-state index >= 15 is 0 Å². The molecule has 100 valence electrons. The van der Waals surface area contributed by atoms with Crippen LogP contribution >= 0.6 is 11.8 Å². The summed E-state index contributed by atoms with van der Waals surface area (Å²) in [7, 11) is -7.15. The molecule has 1 heterocycles. The molecule has 6 nitrogen and oxygen atoms in total. The predicted molar refractivity (Wildman–Crippen MR) is 65.3 cm³/mol. The lowest BCUT2D eigenvalue weighted by Gasteiger charge is -2.05. The lowest BCUT2D eigenvalue weighted by Crippen LogP contribution is -2.00. The first kappa shape index (κ1) is 13.8. The maximum Gasteiger partial charge on any atom is 0.294 e. The van der Waals surface area contributed by atoms with Crippen LogP contribution in [0.4, 0.5) is 0 Å². The van der Waals surface area contributed by atoms with Crippen molar-refractivity contribution in [2.75, 3.05) is 12.4 Å². The van der Waals surface area contributed by atoms with Crippen LogP contribution in [0.2, 0.25) is 0 Å². The minimum absolute atomic E-state index is 0.0445. The smallest absolute Gasteiger partial charge is 0.294 e. The van der Waals surface area contributed by atoms with Gasteiger partial charge in [-0.15, -0.1) is 11.8 Å². The van der Waals surface area contributed by atoms with Crippen molar-refractivity contribution in [2.24, 2.45) is 0 Å². The number of epoxide rings is 1. The van der Waals surface area contributed by atoms with Crippen LogP contribution in [-0.4, -0.2) is 39.9 Å². The van der Waals surface area contributed by atoms with Crippen molar-refractivity contribution in [1.82, 2.24) is 0 Å². The number of hydrogen-bond donors (Lipinski definition) is 2. The second-order valence-electron chi connectivity index (χ2n) is 3.63. The van der Waals surface area contributed by atoms with E-state index in [1.807, 2.05) is 0 Å². The highest BCUT2D eigenvalue weighted by molar-refractivity contribution is 7.99. The average Bonchev–Trinajstić information content (AvgIpc) is 3.08. The standard InChI is InChI=1S/C9H10O6S3/c10-17(11)9-2-1-7(18(12,13)14)3-8(9)16-5-6-4-15-6/h1-3,6,17H,4-5H2,(H,12,13,14). The Bertz CT molecular complexity index is 622. The molecule has 0 spiro atoms. The maximum absolute atomic E-state index is 11.0. The van der Waals surface area contributed by atoms with Gasteiger partial charge in [-0.05, 0) is 18.2 Å². The van der Waals surface area contributed by atoms with Crippen molar-refractivity contribution in [3.05, 3.63) is 18.2 Å². The van der Waals surface area contributed by atoms with E-state index in [0.29, 0.717) is 17.3 Å². The molecule has 1 aliphatic heterocycles. The highest BCUT2D eigenvalue weighted by atomic mass is 32.2. The molecule has 1 aromatic rings. The van der Waals surface area contributed by atoms with Gasteiger partial charge in [0.1, 0.15) is 0 Å². The van der Waals surface area contributed by atoms with Gasteiger partial charge in [-0.1, -0.05) is 0 Å². The number of ether oxygens (including phenoxy) is 1. The largest absolute Gasteiger partial charge is 0.372 e. The Morgan fingerprint density at radius 3 is 2.61 bits per heavy atom. The van der Waals surface area contributed by atoms with Crippen LogP contribution in [0.5, 0.6) is 0 Å². The van der Waals surface area contributed by atoms with Gasteiger partial charge in [-0.2, -0.15) is 8.42 Å². The fourth-order valence-electron chi connectivity index (χ4n) is 1.27. The predicted octanol–water partition coefficient (Wildman–Crippen LogP) is 0.395. The summed E-state index contributed by atoms with van der Waals surface area (Å²) in [4.78, 5) is 0.0297. The minimum Gasteiger partial charge on any atom is -0.372 e. The van der Waals surface area contributed by atoms with Crippen LogP contribution < -0.4 is 0 Å². The highest BCUT2D eigenvalue weighted by Gasteiger charge is 2.23. The number of thioether (sulfide) groups is 1. The molecule has 0 amide bonds. The lowest BCUT2D eigenvalue weighted by atomic mass is 10.4. The van der Waals surface area contributed by atoms with Gasteiger partial charge in [-0.25, -0.2) is 8.42 Å². The number of hydrogen-bond acceptors (Lipinski definition) is 6. The van der Waals surface area contributed by atoms with Crippen molar-refractivity contribution in [2.45, 2.75) is 20.8 Å². The van der Waals surface area contributed by atoms with Gasteiger partial charge in [0.05, 0.1) is 22.5 Å². The second-order valence-corrected chi connectivity index (χ2v) is 7.11. The third-order valence-corrected chi connectivity index (χ3v) is 5.22. The summed E-state index contributed by atoms with van der Waals surface area (Å²) in [5, 5.41) is 0. The molecule has 1 aliphatic rings. The Kier molecular flexibility index (Phi) is 3.97. The van der Waals surface area contributed by atoms with Crippen molar-refractivity contribution >= 4 is 32.6 Å². The Morgan fingerprint density at radius 2 is 2.11 bits per heavy atom. The zero-order valence-corrected chi connectivity index (χ0v) is 11.5. The zero-order chi connectivity index (χ0) is 13.3. The number of thiol groups is 1. The van der Waals surface area contributed by atoms with E-state index < -0.39 is 20.8 Å². The topological polar surface area (TPSA) is 101 Å². The van der Waals surface area contributed by atoms with Crippen molar-refractivity contribution in [1.29, 1.82) is 0 Å². The molecule has 2 rings (SSSR count). The van der Waals surface area contributed by atoms with E-state index in [1.165, 1.54) is 17.8 Å². The van der Waals surface area contributed by atoms with Gasteiger partial charge in [0.15, 0.2) is 10.7 Å². The van der Waals surface area contributed by atoms with E-state index in [1.54, 1.807) is 0 Å². The average molecular weight is 310 g/mol. The minimum atomic E-state index is -4.33. The molecule has 0 saturated carbocycles. The van der Waals surface area contributed by atoms with Crippen LogP contribution in [0, 0.1) is 0 Å². The first-order valence-corrected chi connectivity index (χ1v) is 8.48. The molecule has 0 radical (unpaired) electrons. The van der Waals surface area contributed by atoms with E-state index in [9.17, 15) is 16.8 Å². The molecule has 1 atom stereocenters. The van der Waals surface area contributed by atoms with Gasteiger partial charge in [0, 0.05) is 10.6 Å². The summed E-state index contributed by atoms with van der Waals surface area (Å²) in [6, 6.07) is 3.39. The Balaban J connectivity index is 2.36. The molecular formula is C9H10O6S3. The van der Waals surface area contributed by atoms with Crippen molar-refractivity contribution in [3.63, 3.8) is 0 Å². The summed E-state index contributed by atoms with van der Waals surface area (Å²) < 4.78 is 57.9. The van der Waals surface area contributed by atoms with Crippen LogP contribution in [-0.2, 0) is 25.6 Å². The number of benzene rings is 1. The first-order chi connectivity index (χ1) is 8.38.